The van der Waals surface area contributed by atoms with Gasteiger partial charge in [0.1, 0.15) is 0 Å². The molecule has 2 nitrogen and oxygen atoms in total. The fourth-order valence-corrected chi connectivity index (χ4v) is 1.06. The predicted molar refractivity (Wildman–Crippen MR) is 52.2 cm³/mol. The van der Waals surface area contributed by atoms with Crippen LogP contribution >= 0.6 is 0 Å². The first kappa shape index (κ1) is 11.9. The summed E-state index contributed by atoms with van der Waals surface area (Å²) in [7, 11) is 0. The van der Waals surface area contributed by atoms with Gasteiger partial charge in [-0.3, -0.25) is 5.73 Å². The smallest absolute Gasteiger partial charge is 0.0466 e. The lowest BCUT2D eigenvalue weighted by molar-refractivity contribution is 0.126. The molecule has 1 N–H and O–H groups in total. The van der Waals surface area contributed by atoms with Crippen molar-refractivity contribution >= 4 is 0 Å². The Labute approximate surface area is 76.5 Å². The van der Waals surface area contributed by atoms with Gasteiger partial charge in [-0.05, 0) is 25.7 Å². The molecular weight excluding hydrogens is 150 g/mol. The zero-order chi connectivity index (χ0) is 9.07. The second-order valence-electron chi connectivity index (χ2n) is 3.13. The van der Waals surface area contributed by atoms with Crippen molar-refractivity contribution in [2.45, 2.75) is 45.4 Å². The van der Waals surface area contributed by atoms with Crippen molar-refractivity contribution < 1.29 is 4.74 Å². The fourth-order valence-electron chi connectivity index (χ4n) is 1.06. The van der Waals surface area contributed by atoms with Gasteiger partial charge in [-0.15, -0.1) is 0 Å². The molecule has 0 atom stereocenters. The zero-order valence-electron chi connectivity index (χ0n) is 8.27. The van der Waals surface area contributed by atoms with Crippen LogP contribution in [0.25, 0.3) is 0 Å². The Hall–Kier alpha value is -0.0800. The van der Waals surface area contributed by atoms with Crippen molar-refractivity contribution in [3.05, 3.63) is 0 Å². The van der Waals surface area contributed by atoms with Crippen LogP contribution in [-0.2, 0) is 4.74 Å². The highest BCUT2D eigenvalue weighted by atomic mass is 16.5. The largest absolute Gasteiger partial charge is 0.381 e. The zero-order valence-corrected chi connectivity index (χ0v) is 8.27. The monoisotopic (exact) mass is 172 g/mol. The Balaban J connectivity index is 2.73. The quantitative estimate of drug-likeness (QED) is 0.492. The second kappa shape index (κ2) is 10.9. The molecule has 0 fully saturated rings. The molecule has 0 amide bonds. The first-order valence-electron chi connectivity index (χ1n) is 5.14. The van der Waals surface area contributed by atoms with Crippen LogP contribution in [0.3, 0.4) is 0 Å². The summed E-state index contributed by atoms with van der Waals surface area (Å²) in [4.78, 5) is 0. The molecule has 0 spiro atoms. The molecule has 0 saturated heterocycles. The lowest BCUT2D eigenvalue weighted by atomic mass is 10.2. The van der Waals surface area contributed by atoms with E-state index < -0.39 is 0 Å². The maximum atomic E-state index is 6.93. The SMILES string of the molecule is CCCCCOCCCCC[NH]. The summed E-state index contributed by atoms with van der Waals surface area (Å²) >= 11 is 0. The molecule has 0 aliphatic rings. The third-order valence-corrected chi connectivity index (χ3v) is 1.86. The second-order valence-corrected chi connectivity index (χ2v) is 3.13. The van der Waals surface area contributed by atoms with Gasteiger partial charge in [0.2, 0.25) is 0 Å². The molecule has 0 aromatic rings. The van der Waals surface area contributed by atoms with E-state index in [0.29, 0.717) is 6.54 Å². The first-order valence-corrected chi connectivity index (χ1v) is 5.14. The van der Waals surface area contributed by atoms with E-state index in [1.165, 1.54) is 19.3 Å². The normalized spacial score (nSPS) is 10.5. The van der Waals surface area contributed by atoms with E-state index in [-0.39, 0.29) is 0 Å². The minimum atomic E-state index is 0.565. The summed E-state index contributed by atoms with van der Waals surface area (Å²) in [6.45, 7) is 4.59. The predicted octanol–water partition coefficient (Wildman–Crippen LogP) is 2.65. The molecule has 73 valence electrons. The molecule has 0 rings (SSSR count). The van der Waals surface area contributed by atoms with Gasteiger partial charge in [-0.25, -0.2) is 0 Å². The van der Waals surface area contributed by atoms with Crippen molar-refractivity contribution in [2.24, 2.45) is 0 Å². The van der Waals surface area contributed by atoms with Crippen LogP contribution < -0.4 is 5.73 Å². The topological polar surface area (TPSA) is 33.0 Å². The van der Waals surface area contributed by atoms with E-state index in [9.17, 15) is 0 Å². The summed E-state index contributed by atoms with van der Waals surface area (Å²) in [6, 6.07) is 0. The van der Waals surface area contributed by atoms with Gasteiger partial charge in [0.05, 0.1) is 0 Å². The summed E-state index contributed by atoms with van der Waals surface area (Å²) < 4.78 is 5.42. The summed E-state index contributed by atoms with van der Waals surface area (Å²) in [6.07, 6.45) is 7.06. The van der Waals surface area contributed by atoms with Gasteiger partial charge in [0.15, 0.2) is 0 Å². The average molecular weight is 172 g/mol. The first-order chi connectivity index (χ1) is 5.91. The van der Waals surface area contributed by atoms with Gasteiger partial charge < -0.3 is 4.74 Å². The van der Waals surface area contributed by atoms with E-state index >= 15 is 0 Å². The maximum Gasteiger partial charge on any atom is 0.0466 e. The van der Waals surface area contributed by atoms with Crippen LogP contribution in [0.5, 0.6) is 0 Å². The van der Waals surface area contributed by atoms with Gasteiger partial charge >= 0.3 is 0 Å². The molecule has 0 aliphatic heterocycles. The number of unbranched alkanes of at least 4 members (excludes halogenated alkanes) is 4. The van der Waals surface area contributed by atoms with Crippen molar-refractivity contribution in [2.75, 3.05) is 19.8 Å². The Morgan fingerprint density at radius 2 is 1.58 bits per heavy atom. The van der Waals surface area contributed by atoms with Crippen LogP contribution in [-0.4, -0.2) is 19.8 Å². The number of rotatable bonds is 9. The number of nitrogens with one attached hydrogen (secondary N) is 1. The van der Waals surface area contributed by atoms with Gasteiger partial charge in [0, 0.05) is 19.8 Å². The minimum absolute atomic E-state index is 0.565. The Bertz CT molecular complexity index is 66.2. The molecule has 12 heavy (non-hydrogen) atoms. The Morgan fingerprint density at radius 3 is 2.17 bits per heavy atom. The van der Waals surface area contributed by atoms with E-state index in [4.69, 9.17) is 10.5 Å². The molecule has 0 unspecified atom stereocenters. The number of ether oxygens (including phenoxy) is 1. The lowest BCUT2D eigenvalue weighted by Crippen LogP contribution is -1.97. The highest BCUT2D eigenvalue weighted by molar-refractivity contribution is 4.42. The number of hydrogen-bond acceptors (Lipinski definition) is 1. The van der Waals surface area contributed by atoms with Crippen LogP contribution in [0.2, 0.25) is 0 Å². The summed E-state index contributed by atoms with van der Waals surface area (Å²) in [5, 5.41) is 0. The van der Waals surface area contributed by atoms with Crippen molar-refractivity contribution in [3.63, 3.8) is 0 Å². The van der Waals surface area contributed by atoms with Crippen LogP contribution in [0, 0.1) is 0 Å². The fraction of sp³-hybridized carbons (Fsp3) is 1.00. The standard InChI is InChI=1S/C10H22NO/c1-2-3-6-9-12-10-7-4-5-8-11/h11H,2-10H2,1H3. The van der Waals surface area contributed by atoms with Gasteiger partial charge in [0.25, 0.3) is 0 Å². The Morgan fingerprint density at radius 1 is 0.917 bits per heavy atom. The molecule has 0 heterocycles. The molecule has 0 bridgehead atoms. The van der Waals surface area contributed by atoms with E-state index in [1.807, 2.05) is 0 Å². The minimum Gasteiger partial charge on any atom is -0.381 e. The van der Waals surface area contributed by atoms with Crippen molar-refractivity contribution in [1.82, 2.24) is 5.73 Å². The lowest BCUT2D eigenvalue weighted by Gasteiger charge is -2.02. The highest BCUT2D eigenvalue weighted by Gasteiger charge is 1.89. The third-order valence-electron chi connectivity index (χ3n) is 1.86. The third kappa shape index (κ3) is 9.92. The van der Waals surface area contributed by atoms with E-state index in [0.717, 1.165) is 32.5 Å². The summed E-state index contributed by atoms with van der Waals surface area (Å²) in [5.74, 6) is 0. The van der Waals surface area contributed by atoms with Crippen LogP contribution in [0.4, 0.5) is 0 Å². The summed E-state index contributed by atoms with van der Waals surface area (Å²) in [5.41, 5.74) is 6.93. The average Bonchev–Trinajstić information content (AvgIpc) is 2.10. The molecule has 1 radical (unpaired) electrons. The molecule has 0 aromatic carbocycles. The number of hydrogen-bond donors (Lipinski definition) is 0. The highest BCUT2D eigenvalue weighted by Crippen LogP contribution is 1.97. The molecule has 0 aromatic heterocycles. The van der Waals surface area contributed by atoms with E-state index in [1.54, 1.807) is 0 Å². The molecule has 0 aliphatic carbocycles. The molecular formula is C10H22NO. The van der Waals surface area contributed by atoms with Crippen LogP contribution in [0.15, 0.2) is 0 Å². The van der Waals surface area contributed by atoms with Crippen LogP contribution in [0.1, 0.15) is 45.4 Å². The van der Waals surface area contributed by atoms with Gasteiger partial charge in [-0.2, -0.15) is 0 Å². The Kier molecular flexibility index (Phi) is 10.8. The molecule has 0 saturated carbocycles. The van der Waals surface area contributed by atoms with Crippen molar-refractivity contribution in [3.8, 4) is 0 Å². The van der Waals surface area contributed by atoms with E-state index in [2.05, 4.69) is 6.92 Å². The molecule has 2 heteroatoms. The van der Waals surface area contributed by atoms with Crippen molar-refractivity contribution in [1.29, 1.82) is 0 Å². The maximum absolute atomic E-state index is 6.93. The van der Waals surface area contributed by atoms with Gasteiger partial charge in [-0.1, -0.05) is 19.8 Å².